The molecule has 19 heavy (non-hydrogen) atoms. The number of pyridine rings is 1. The van der Waals surface area contributed by atoms with Gasteiger partial charge in [0.05, 0.1) is 0 Å². The molecule has 4 aromatic rings. The Hall–Kier alpha value is -2.19. The van der Waals surface area contributed by atoms with E-state index in [2.05, 4.69) is 41.4 Å². The third kappa shape index (κ3) is 1.72. The molecule has 2 aromatic heterocycles. The van der Waals surface area contributed by atoms with E-state index in [0.717, 1.165) is 0 Å². The number of fused-ring (bicyclic) bond motifs is 3. The molecule has 0 saturated heterocycles. The number of thiophene rings is 1. The van der Waals surface area contributed by atoms with Crippen LogP contribution in [0.15, 0.2) is 60.9 Å². The SMILES string of the molecule is [c]1ccc2sc3ccc(-c4ccncc4)cc3c2c1. The molecule has 2 aromatic carbocycles. The second kappa shape index (κ2) is 4.18. The predicted octanol–water partition coefficient (Wildman–Crippen LogP) is 4.92. The van der Waals surface area contributed by atoms with E-state index in [0.29, 0.717) is 0 Å². The van der Waals surface area contributed by atoms with Gasteiger partial charge in [-0.1, -0.05) is 12.1 Å². The van der Waals surface area contributed by atoms with Crippen molar-refractivity contribution < 1.29 is 0 Å². The van der Waals surface area contributed by atoms with Crippen LogP contribution < -0.4 is 0 Å². The van der Waals surface area contributed by atoms with Crippen LogP contribution in [0.1, 0.15) is 0 Å². The van der Waals surface area contributed by atoms with E-state index in [4.69, 9.17) is 0 Å². The molecule has 1 radical (unpaired) electrons. The van der Waals surface area contributed by atoms with Gasteiger partial charge >= 0.3 is 0 Å². The number of hydrogen-bond acceptors (Lipinski definition) is 2. The quantitative estimate of drug-likeness (QED) is 0.473. The minimum Gasteiger partial charge on any atom is -0.265 e. The minimum atomic E-state index is 1.20. The molecular formula is C17H10NS. The molecule has 4 rings (SSSR count). The highest BCUT2D eigenvalue weighted by molar-refractivity contribution is 7.25. The topological polar surface area (TPSA) is 12.9 Å². The molecule has 0 aliphatic rings. The fourth-order valence-corrected chi connectivity index (χ4v) is 3.45. The summed E-state index contributed by atoms with van der Waals surface area (Å²) in [5, 5.41) is 2.60. The molecule has 2 heteroatoms. The Kier molecular flexibility index (Phi) is 2.35. The first kappa shape index (κ1) is 10.7. The zero-order chi connectivity index (χ0) is 12.7. The lowest BCUT2D eigenvalue weighted by molar-refractivity contribution is 1.33. The number of rotatable bonds is 1. The Labute approximate surface area is 115 Å². The summed E-state index contributed by atoms with van der Waals surface area (Å²) in [6.45, 7) is 0. The predicted molar refractivity (Wildman–Crippen MR) is 81.4 cm³/mol. The van der Waals surface area contributed by atoms with Gasteiger partial charge in [-0.15, -0.1) is 11.3 Å². The highest BCUT2D eigenvalue weighted by Gasteiger charge is 2.06. The first-order chi connectivity index (χ1) is 9.42. The van der Waals surface area contributed by atoms with Crippen LogP contribution in [0.3, 0.4) is 0 Å². The zero-order valence-electron chi connectivity index (χ0n) is 10.1. The normalized spacial score (nSPS) is 11.2. The molecule has 0 saturated carbocycles. The lowest BCUT2D eigenvalue weighted by atomic mass is 10.0. The van der Waals surface area contributed by atoms with Crippen LogP contribution in [-0.4, -0.2) is 4.98 Å². The van der Waals surface area contributed by atoms with Gasteiger partial charge in [0.1, 0.15) is 0 Å². The molecule has 0 aliphatic carbocycles. The van der Waals surface area contributed by atoms with Crippen LogP contribution in [0.2, 0.25) is 0 Å². The third-order valence-corrected chi connectivity index (χ3v) is 4.48. The fraction of sp³-hybridized carbons (Fsp3) is 0. The number of nitrogens with zero attached hydrogens (tertiary/aromatic N) is 1. The maximum atomic E-state index is 4.07. The van der Waals surface area contributed by atoms with Gasteiger partial charge in [0, 0.05) is 32.6 Å². The van der Waals surface area contributed by atoms with Gasteiger partial charge in [-0.05, 0) is 53.6 Å². The Morgan fingerprint density at radius 3 is 2.58 bits per heavy atom. The highest BCUT2D eigenvalue weighted by Crippen LogP contribution is 2.35. The van der Waals surface area contributed by atoms with Gasteiger partial charge in [-0.3, -0.25) is 4.98 Å². The summed E-state index contributed by atoms with van der Waals surface area (Å²) in [7, 11) is 0. The van der Waals surface area contributed by atoms with Gasteiger partial charge in [0.2, 0.25) is 0 Å². The van der Waals surface area contributed by atoms with E-state index in [9.17, 15) is 0 Å². The van der Waals surface area contributed by atoms with Crippen LogP contribution in [0.4, 0.5) is 0 Å². The van der Waals surface area contributed by atoms with Crippen LogP contribution in [0.25, 0.3) is 31.3 Å². The largest absolute Gasteiger partial charge is 0.265 e. The minimum absolute atomic E-state index is 1.20. The van der Waals surface area contributed by atoms with Crippen molar-refractivity contribution >= 4 is 31.5 Å². The second-order valence-corrected chi connectivity index (χ2v) is 5.55. The Balaban J connectivity index is 2.03. The van der Waals surface area contributed by atoms with Crippen molar-refractivity contribution in [2.75, 3.05) is 0 Å². The Bertz CT molecular complexity index is 862. The molecule has 0 spiro atoms. The van der Waals surface area contributed by atoms with E-state index in [1.807, 2.05) is 41.9 Å². The number of hydrogen-bond donors (Lipinski definition) is 0. The van der Waals surface area contributed by atoms with Crippen LogP contribution in [-0.2, 0) is 0 Å². The van der Waals surface area contributed by atoms with Gasteiger partial charge < -0.3 is 0 Å². The lowest BCUT2D eigenvalue weighted by Crippen LogP contribution is -1.77. The van der Waals surface area contributed by atoms with Gasteiger partial charge in [0.25, 0.3) is 0 Å². The van der Waals surface area contributed by atoms with Crippen LogP contribution in [0, 0.1) is 6.07 Å². The zero-order valence-corrected chi connectivity index (χ0v) is 10.9. The molecule has 0 bridgehead atoms. The van der Waals surface area contributed by atoms with Crippen LogP contribution in [0.5, 0.6) is 0 Å². The summed E-state index contributed by atoms with van der Waals surface area (Å²) in [6, 6.07) is 20.1. The van der Waals surface area contributed by atoms with E-state index < -0.39 is 0 Å². The molecule has 1 nitrogen and oxygen atoms in total. The van der Waals surface area contributed by atoms with Crippen molar-refractivity contribution in [3.8, 4) is 11.1 Å². The number of benzene rings is 2. The van der Waals surface area contributed by atoms with Crippen molar-refractivity contribution in [1.82, 2.24) is 4.98 Å². The van der Waals surface area contributed by atoms with Crippen molar-refractivity contribution in [2.45, 2.75) is 0 Å². The second-order valence-electron chi connectivity index (χ2n) is 4.47. The molecule has 0 aliphatic heterocycles. The summed E-state index contributed by atoms with van der Waals surface area (Å²) in [5.74, 6) is 0. The third-order valence-electron chi connectivity index (χ3n) is 3.33. The fourth-order valence-electron chi connectivity index (χ4n) is 2.39. The summed E-state index contributed by atoms with van der Waals surface area (Å²) < 4.78 is 2.65. The first-order valence-corrected chi connectivity index (χ1v) is 6.96. The summed E-state index contributed by atoms with van der Waals surface area (Å²) >= 11 is 1.83. The summed E-state index contributed by atoms with van der Waals surface area (Å²) in [6.07, 6.45) is 3.66. The molecule has 0 unspecified atom stereocenters. The first-order valence-electron chi connectivity index (χ1n) is 6.14. The molecule has 0 fully saturated rings. The van der Waals surface area contributed by atoms with E-state index in [1.54, 1.807) is 0 Å². The average molecular weight is 260 g/mol. The van der Waals surface area contributed by atoms with Crippen LogP contribution >= 0.6 is 11.3 Å². The van der Waals surface area contributed by atoms with E-state index in [-0.39, 0.29) is 0 Å². The monoisotopic (exact) mass is 260 g/mol. The lowest BCUT2D eigenvalue weighted by Gasteiger charge is -2.01. The highest BCUT2D eigenvalue weighted by atomic mass is 32.1. The van der Waals surface area contributed by atoms with Crippen molar-refractivity contribution in [3.63, 3.8) is 0 Å². The Morgan fingerprint density at radius 2 is 1.68 bits per heavy atom. The van der Waals surface area contributed by atoms with E-state index >= 15 is 0 Å². The molecule has 0 N–H and O–H groups in total. The molecule has 89 valence electrons. The molecule has 0 atom stereocenters. The molecule has 2 heterocycles. The van der Waals surface area contributed by atoms with Gasteiger partial charge in [-0.25, -0.2) is 0 Å². The average Bonchev–Trinajstić information content (AvgIpc) is 2.86. The summed E-state index contributed by atoms with van der Waals surface area (Å²) in [4.78, 5) is 4.07. The number of aromatic nitrogens is 1. The smallest absolute Gasteiger partial charge is 0.0355 e. The summed E-state index contributed by atoms with van der Waals surface area (Å²) in [5.41, 5.74) is 2.44. The molecular weight excluding hydrogens is 250 g/mol. The molecule has 0 amide bonds. The van der Waals surface area contributed by atoms with Crippen molar-refractivity contribution in [3.05, 3.63) is 67.0 Å². The maximum absolute atomic E-state index is 4.07. The van der Waals surface area contributed by atoms with Gasteiger partial charge in [-0.2, -0.15) is 0 Å². The van der Waals surface area contributed by atoms with Gasteiger partial charge in [0.15, 0.2) is 0 Å². The maximum Gasteiger partial charge on any atom is 0.0355 e. The standard InChI is InChI=1S/C17H10NS/c1-2-4-16-14(3-1)15-11-13(5-6-17(15)19-16)12-7-9-18-10-8-12/h2-11H. The Morgan fingerprint density at radius 1 is 0.842 bits per heavy atom. The van der Waals surface area contributed by atoms with Crippen molar-refractivity contribution in [2.24, 2.45) is 0 Å². The van der Waals surface area contributed by atoms with Crippen molar-refractivity contribution in [1.29, 1.82) is 0 Å². The van der Waals surface area contributed by atoms with E-state index in [1.165, 1.54) is 31.3 Å².